The Labute approximate surface area is 67.3 Å². The summed E-state index contributed by atoms with van der Waals surface area (Å²) < 4.78 is 10.4. The summed E-state index contributed by atoms with van der Waals surface area (Å²) >= 11 is 0. The van der Waals surface area contributed by atoms with Crippen LogP contribution in [0, 0.1) is 5.41 Å². The maximum Gasteiger partial charge on any atom is 0.0698 e. The molecule has 1 fully saturated rings. The zero-order chi connectivity index (χ0) is 8.16. The topological polar surface area (TPSA) is 38.7 Å². The second kappa shape index (κ2) is 4.04. The van der Waals surface area contributed by atoms with Crippen LogP contribution in [0.2, 0.25) is 0 Å². The van der Waals surface area contributed by atoms with Gasteiger partial charge in [-0.15, -0.1) is 0 Å². The highest BCUT2D eigenvalue weighted by Crippen LogP contribution is 2.31. The second-order valence-corrected chi connectivity index (χ2v) is 3.12. The van der Waals surface area contributed by atoms with Crippen molar-refractivity contribution < 1.29 is 14.6 Å². The van der Waals surface area contributed by atoms with Gasteiger partial charge in [0.2, 0.25) is 0 Å². The molecule has 0 aromatic rings. The first kappa shape index (κ1) is 8.97. The molecule has 66 valence electrons. The molecule has 0 spiro atoms. The average Bonchev–Trinajstić information content (AvgIpc) is 1.95. The molecule has 1 aliphatic rings. The van der Waals surface area contributed by atoms with E-state index >= 15 is 0 Å². The molecule has 0 amide bonds. The van der Waals surface area contributed by atoms with Crippen molar-refractivity contribution in [2.45, 2.75) is 13.3 Å². The highest BCUT2D eigenvalue weighted by atomic mass is 16.5. The van der Waals surface area contributed by atoms with Crippen molar-refractivity contribution in [2.24, 2.45) is 5.41 Å². The fraction of sp³-hybridized carbons (Fsp3) is 1.00. The summed E-state index contributed by atoms with van der Waals surface area (Å²) in [5.74, 6) is 0. The highest BCUT2D eigenvalue weighted by Gasteiger charge is 2.36. The van der Waals surface area contributed by atoms with Gasteiger partial charge in [0.25, 0.3) is 0 Å². The van der Waals surface area contributed by atoms with Crippen molar-refractivity contribution in [1.82, 2.24) is 0 Å². The molecule has 3 heteroatoms. The van der Waals surface area contributed by atoms with E-state index in [4.69, 9.17) is 14.6 Å². The first-order valence-corrected chi connectivity index (χ1v) is 4.09. The molecule has 11 heavy (non-hydrogen) atoms. The first-order chi connectivity index (χ1) is 5.33. The summed E-state index contributed by atoms with van der Waals surface area (Å²) in [5.41, 5.74) is 0.259. The summed E-state index contributed by atoms with van der Waals surface area (Å²) in [6, 6.07) is 0. The number of aliphatic hydroxyl groups excluding tert-OH is 1. The van der Waals surface area contributed by atoms with Gasteiger partial charge in [-0.2, -0.15) is 0 Å². The first-order valence-electron chi connectivity index (χ1n) is 4.09. The predicted molar refractivity (Wildman–Crippen MR) is 41.4 cm³/mol. The third kappa shape index (κ3) is 2.15. The number of hydrogen-bond acceptors (Lipinski definition) is 3. The van der Waals surface area contributed by atoms with Crippen molar-refractivity contribution in [3.8, 4) is 0 Å². The molecule has 0 aliphatic carbocycles. The standard InChI is InChI=1S/C8H16O3/c1-2-8(6-11-7-8)5-10-4-3-9/h9H,2-7H2,1H3. The molecule has 0 aromatic carbocycles. The van der Waals surface area contributed by atoms with Crippen LogP contribution in [-0.4, -0.2) is 38.1 Å². The zero-order valence-electron chi connectivity index (χ0n) is 7.01. The number of rotatable bonds is 5. The predicted octanol–water partition coefficient (Wildman–Crippen LogP) is 0.422. The van der Waals surface area contributed by atoms with Crippen molar-refractivity contribution in [2.75, 3.05) is 33.0 Å². The zero-order valence-corrected chi connectivity index (χ0v) is 7.01. The lowest BCUT2D eigenvalue weighted by Gasteiger charge is -2.40. The Morgan fingerprint density at radius 2 is 2.27 bits per heavy atom. The van der Waals surface area contributed by atoms with Crippen LogP contribution in [0.25, 0.3) is 0 Å². The summed E-state index contributed by atoms with van der Waals surface area (Å²) in [7, 11) is 0. The van der Waals surface area contributed by atoms with E-state index in [-0.39, 0.29) is 12.0 Å². The van der Waals surface area contributed by atoms with Gasteiger partial charge in [-0.05, 0) is 6.42 Å². The molecule has 0 radical (unpaired) electrons. The molecule has 0 atom stereocenters. The Morgan fingerprint density at radius 3 is 2.64 bits per heavy atom. The molecular weight excluding hydrogens is 144 g/mol. The van der Waals surface area contributed by atoms with Crippen molar-refractivity contribution in [1.29, 1.82) is 0 Å². The van der Waals surface area contributed by atoms with Gasteiger partial charge < -0.3 is 14.6 Å². The van der Waals surface area contributed by atoms with Crippen molar-refractivity contribution in [3.05, 3.63) is 0 Å². The van der Waals surface area contributed by atoms with E-state index < -0.39 is 0 Å². The van der Waals surface area contributed by atoms with Gasteiger partial charge in [0.1, 0.15) is 0 Å². The van der Waals surface area contributed by atoms with Crippen LogP contribution >= 0.6 is 0 Å². The average molecular weight is 160 g/mol. The monoisotopic (exact) mass is 160 g/mol. The molecule has 0 bridgehead atoms. The van der Waals surface area contributed by atoms with Gasteiger partial charge >= 0.3 is 0 Å². The highest BCUT2D eigenvalue weighted by molar-refractivity contribution is 4.83. The lowest BCUT2D eigenvalue weighted by molar-refractivity contribution is -0.151. The van der Waals surface area contributed by atoms with Crippen molar-refractivity contribution >= 4 is 0 Å². The molecule has 0 unspecified atom stereocenters. The minimum atomic E-state index is 0.112. The maximum absolute atomic E-state index is 8.47. The Bertz CT molecular complexity index is 104. The summed E-state index contributed by atoms with van der Waals surface area (Å²) in [4.78, 5) is 0. The van der Waals surface area contributed by atoms with Gasteiger partial charge in [0, 0.05) is 5.41 Å². The van der Waals surface area contributed by atoms with Gasteiger partial charge in [-0.25, -0.2) is 0 Å². The lowest BCUT2D eigenvalue weighted by Crippen LogP contribution is -2.45. The molecule has 1 heterocycles. The van der Waals surface area contributed by atoms with Crippen LogP contribution < -0.4 is 0 Å². The molecule has 3 nitrogen and oxygen atoms in total. The lowest BCUT2D eigenvalue weighted by atomic mass is 9.84. The van der Waals surface area contributed by atoms with Crippen LogP contribution in [0.15, 0.2) is 0 Å². The normalized spacial score (nSPS) is 21.3. The second-order valence-electron chi connectivity index (χ2n) is 3.12. The number of hydrogen-bond donors (Lipinski definition) is 1. The fourth-order valence-electron chi connectivity index (χ4n) is 1.13. The Morgan fingerprint density at radius 1 is 1.55 bits per heavy atom. The van der Waals surface area contributed by atoms with E-state index in [1.54, 1.807) is 0 Å². The van der Waals surface area contributed by atoms with Crippen LogP contribution in [0.3, 0.4) is 0 Å². The fourth-order valence-corrected chi connectivity index (χ4v) is 1.13. The minimum Gasteiger partial charge on any atom is -0.394 e. The Balaban J connectivity index is 2.11. The molecule has 0 saturated carbocycles. The van der Waals surface area contributed by atoms with E-state index in [9.17, 15) is 0 Å². The van der Waals surface area contributed by atoms with Crippen LogP contribution in [0.1, 0.15) is 13.3 Å². The maximum atomic E-state index is 8.47. The van der Waals surface area contributed by atoms with E-state index in [1.807, 2.05) is 0 Å². The SMILES string of the molecule is CCC1(COCCO)COC1. The summed E-state index contributed by atoms with van der Waals surface area (Å²) in [5, 5.41) is 8.47. The van der Waals surface area contributed by atoms with E-state index in [0.717, 1.165) is 26.2 Å². The Kier molecular flexibility index (Phi) is 3.30. The number of aliphatic hydroxyl groups is 1. The van der Waals surface area contributed by atoms with Gasteiger partial charge in [0.15, 0.2) is 0 Å². The van der Waals surface area contributed by atoms with Gasteiger partial charge in [-0.1, -0.05) is 6.92 Å². The largest absolute Gasteiger partial charge is 0.394 e. The summed E-state index contributed by atoms with van der Waals surface area (Å²) in [6.07, 6.45) is 1.10. The third-order valence-corrected chi connectivity index (χ3v) is 2.21. The molecule has 1 saturated heterocycles. The van der Waals surface area contributed by atoms with E-state index in [1.165, 1.54) is 0 Å². The minimum absolute atomic E-state index is 0.112. The third-order valence-electron chi connectivity index (χ3n) is 2.21. The van der Waals surface area contributed by atoms with Crippen molar-refractivity contribution in [3.63, 3.8) is 0 Å². The molecule has 1 aliphatic heterocycles. The Hall–Kier alpha value is -0.120. The van der Waals surface area contributed by atoms with Gasteiger partial charge in [0.05, 0.1) is 33.0 Å². The quantitative estimate of drug-likeness (QED) is 0.592. The molecule has 1 N–H and O–H groups in total. The van der Waals surface area contributed by atoms with E-state index in [0.29, 0.717) is 6.61 Å². The number of ether oxygens (including phenoxy) is 2. The molecule has 0 aromatic heterocycles. The molecular formula is C8H16O3. The smallest absolute Gasteiger partial charge is 0.0698 e. The van der Waals surface area contributed by atoms with Gasteiger partial charge in [-0.3, -0.25) is 0 Å². The van der Waals surface area contributed by atoms with Crippen LogP contribution in [0.5, 0.6) is 0 Å². The molecule has 1 rings (SSSR count). The van der Waals surface area contributed by atoms with Crippen LogP contribution in [0.4, 0.5) is 0 Å². The summed E-state index contributed by atoms with van der Waals surface area (Å²) in [6.45, 7) is 5.06. The van der Waals surface area contributed by atoms with Crippen LogP contribution in [-0.2, 0) is 9.47 Å². The van der Waals surface area contributed by atoms with E-state index in [2.05, 4.69) is 6.92 Å².